The molecule has 0 aromatic heterocycles. The first kappa shape index (κ1) is 41.3. The number of ether oxygens (including phenoxy) is 9. The standard InChI is InChI=1S/C34H48O18/c1-44-19-9-16(6-5-7-35)10-20(45-2)31(19)49-18(15-48-33-29(42)27(40)25(38)23(13-36)50-33)8-17-11-21(46-3)32(22(12-17)47-4)52-34-30(43)28(41)26(39)24(14-37)51-34/h5-6,9-12,18,23-30,33-43H,7-8,13-15H2,1-4H3/b6-5+/t18-,23+,24+,25+,26+,27-,28-,29+,30+,33+,34-/m0/s1. The van der Waals surface area contributed by atoms with Crippen LogP contribution in [0.15, 0.2) is 30.3 Å². The van der Waals surface area contributed by atoms with Gasteiger partial charge in [0.2, 0.25) is 17.8 Å². The van der Waals surface area contributed by atoms with E-state index in [4.69, 9.17) is 42.6 Å². The van der Waals surface area contributed by atoms with Crippen LogP contribution in [-0.2, 0) is 20.6 Å². The molecule has 292 valence electrons. The number of methoxy groups -OCH3 is 4. The second kappa shape index (κ2) is 19.0. The highest BCUT2D eigenvalue weighted by Crippen LogP contribution is 2.43. The molecule has 0 aliphatic carbocycles. The molecule has 52 heavy (non-hydrogen) atoms. The molecule has 2 aliphatic heterocycles. The van der Waals surface area contributed by atoms with Crippen molar-refractivity contribution < 1.29 is 88.6 Å². The van der Waals surface area contributed by atoms with Crippen molar-refractivity contribution >= 4 is 6.08 Å². The summed E-state index contributed by atoms with van der Waals surface area (Å²) in [7, 11) is 5.53. The van der Waals surface area contributed by atoms with Crippen molar-refractivity contribution in [1.82, 2.24) is 0 Å². The fourth-order valence-corrected chi connectivity index (χ4v) is 5.72. The number of hydrogen-bond acceptors (Lipinski definition) is 18. The number of benzene rings is 2. The molecule has 2 saturated heterocycles. The molecule has 2 aromatic carbocycles. The van der Waals surface area contributed by atoms with Gasteiger partial charge in [-0.15, -0.1) is 0 Å². The van der Waals surface area contributed by atoms with Gasteiger partial charge in [-0.05, 0) is 35.4 Å². The summed E-state index contributed by atoms with van der Waals surface area (Å²) >= 11 is 0. The first-order valence-corrected chi connectivity index (χ1v) is 16.3. The molecule has 2 fully saturated rings. The third-order valence-electron chi connectivity index (χ3n) is 8.54. The van der Waals surface area contributed by atoms with E-state index in [0.29, 0.717) is 11.1 Å². The minimum atomic E-state index is -1.71. The van der Waals surface area contributed by atoms with Crippen LogP contribution >= 0.6 is 0 Å². The quantitative estimate of drug-likeness (QED) is 0.0825. The molecule has 9 N–H and O–H groups in total. The number of rotatable bonds is 17. The van der Waals surface area contributed by atoms with E-state index in [1.54, 1.807) is 30.3 Å². The Morgan fingerprint density at radius 1 is 0.635 bits per heavy atom. The monoisotopic (exact) mass is 744 g/mol. The van der Waals surface area contributed by atoms with E-state index in [2.05, 4.69) is 0 Å². The first-order chi connectivity index (χ1) is 24.9. The summed E-state index contributed by atoms with van der Waals surface area (Å²) < 4.78 is 51.5. The third-order valence-corrected chi connectivity index (χ3v) is 8.54. The summed E-state index contributed by atoms with van der Waals surface area (Å²) in [4.78, 5) is 0. The molecule has 0 spiro atoms. The van der Waals surface area contributed by atoms with Gasteiger partial charge in [0.05, 0.1) is 54.9 Å². The van der Waals surface area contributed by atoms with Gasteiger partial charge in [-0.2, -0.15) is 0 Å². The lowest BCUT2D eigenvalue weighted by molar-refractivity contribution is -0.304. The van der Waals surface area contributed by atoms with Gasteiger partial charge < -0.3 is 88.6 Å². The lowest BCUT2D eigenvalue weighted by Gasteiger charge is -2.40. The molecule has 2 heterocycles. The zero-order valence-electron chi connectivity index (χ0n) is 29.0. The van der Waals surface area contributed by atoms with Crippen LogP contribution in [0.25, 0.3) is 6.08 Å². The van der Waals surface area contributed by atoms with E-state index in [1.807, 2.05) is 0 Å². The van der Waals surface area contributed by atoms with Gasteiger partial charge in [-0.3, -0.25) is 0 Å². The Labute approximate surface area is 299 Å². The molecule has 0 unspecified atom stereocenters. The van der Waals surface area contributed by atoms with Crippen LogP contribution in [0, 0.1) is 0 Å². The van der Waals surface area contributed by atoms with Crippen LogP contribution in [0.2, 0.25) is 0 Å². The average Bonchev–Trinajstić information content (AvgIpc) is 3.16. The van der Waals surface area contributed by atoms with Crippen molar-refractivity contribution in [2.24, 2.45) is 0 Å². The Balaban J connectivity index is 1.68. The van der Waals surface area contributed by atoms with Crippen LogP contribution in [-0.4, -0.2) is 168 Å². The predicted molar refractivity (Wildman–Crippen MR) is 177 cm³/mol. The fraction of sp³-hybridized carbons (Fsp3) is 0.588. The van der Waals surface area contributed by atoms with Gasteiger partial charge in [0, 0.05) is 6.42 Å². The van der Waals surface area contributed by atoms with Gasteiger partial charge >= 0.3 is 0 Å². The Hall–Kier alpha value is -3.50. The van der Waals surface area contributed by atoms with Crippen LogP contribution in [0.1, 0.15) is 11.1 Å². The summed E-state index contributed by atoms with van der Waals surface area (Å²) in [5, 5.41) is 90.6. The van der Waals surface area contributed by atoms with Crippen molar-refractivity contribution in [1.29, 1.82) is 0 Å². The van der Waals surface area contributed by atoms with E-state index < -0.39 is 80.7 Å². The molecule has 0 bridgehead atoms. The summed E-state index contributed by atoms with van der Waals surface area (Å²) in [5.74, 6) is 0.824. The Morgan fingerprint density at radius 3 is 1.60 bits per heavy atom. The van der Waals surface area contributed by atoms with Crippen LogP contribution in [0.4, 0.5) is 0 Å². The second-order valence-electron chi connectivity index (χ2n) is 12.0. The molecule has 4 rings (SSSR count). The molecule has 2 aliphatic rings. The Kier molecular flexibility index (Phi) is 15.1. The topological polar surface area (TPSA) is 265 Å². The van der Waals surface area contributed by atoms with Crippen LogP contribution in [0.5, 0.6) is 34.5 Å². The van der Waals surface area contributed by atoms with Gasteiger partial charge in [0.1, 0.15) is 54.9 Å². The minimum absolute atomic E-state index is 0.0307. The zero-order chi connectivity index (χ0) is 38.1. The third kappa shape index (κ3) is 9.34. The average molecular weight is 745 g/mol. The number of aliphatic hydroxyl groups excluding tert-OH is 9. The SMILES string of the molecule is COc1cc(/C=C/CO)cc(OC)c1O[C@H](CO[C@@H]1O[C@H](CO)[C@@H](O)[C@H](O)[C@H]1O)Cc1cc(OC)c(O[C@@H]2O[C@H](CO)[C@@H](O)[C@H](O)[C@H]2O)c(OC)c1. The second-order valence-corrected chi connectivity index (χ2v) is 12.0. The largest absolute Gasteiger partial charge is 0.493 e. The van der Waals surface area contributed by atoms with Crippen molar-refractivity contribution in [2.45, 2.75) is 73.9 Å². The molecule has 0 amide bonds. The summed E-state index contributed by atoms with van der Waals surface area (Å²) in [5.41, 5.74) is 1.14. The molecule has 18 nitrogen and oxygen atoms in total. The number of hydrogen-bond donors (Lipinski definition) is 9. The normalized spacial score (nSPS) is 29.8. The van der Waals surface area contributed by atoms with E-state index >= 15 is 0 Å². The highest BCUT2D eigenvalue weighted by molar-refractivity contribution is 5.62. The maximum absolute atomic E-state index is 10.6. The lowest BCUT2D eigenvalue weighted by atomic mass is 9.99. The van der Waals surface area contributed by atoms with Crippen LogP contribution < -0.4 is 28.4 Å². The van der Waals surface area contributed by atoms with E-state index in [0.717, 1.165) is 0 Å². The summed E-state index contributed by atoms with van der Waals surface area (Å²) in [6, 6.07) is 6.42. The molecule has 0 saturated carbocycles. The maximum Gasteiger partial charge on any atom is 0.229 e. The minimum Gasteiger partial charge on any atom is -0.493 e. The summed E-state index contributed by atoms with van der Waals surface area (Å²) in [6.07, 6.45) is -13.1. The van der Waals surface area contributed by atoms with Gasteiger partial charge in [0.15, 0.2) is 29.3 Å². The molecule has 11 atom stereocenters. The van der Waals surface area contributed by atoms with Crippen molar-refractivity contribution in [3.8, 4) is 34.5 Å². The van der Waals surface area contributed by atoms with E-state index in [1.165, 1.54) is 34.5 Å². The Morgan fingerprint density at radius 2 is 1.12 bits per heavy atom. The lowest BCUT2D eigenvalue weighted by Crippen LogP contribution is -2.60. The van der Waals surface area contributed by atoms with Crippen LogP contribution in [0.3, 0.4) is 0 Å². The molecule has 0 radical (unpaired) electrons. The van der Waals surface area contributed by atoms with Crippen molar-refractivity contribution in [3.05, 3.63) is 41.5 Å². The highest BCUT2D eigenvalue weighted by atomic mass is 16.7. The van der Waals surface area contributed by atoms with Gasteiger partial charge in [-0.25, -0.2) is 0 Å². The Bertz CT molecular complexity index is 1400. The van der Waals surface area contributed by atoms with Gasteiger partial charge in [0.25, 0.3) is 0 Å². The number of aliphatic hydroxyl groups is 9. The predicted octanol–water partition coefficient (Wildman–Crippen LogP) is -2.29. The van der Waals surface area contributed by atoms with E-state index in [-0.39, 0.29) is 54.1 Å². The molecule has 18 heteroatoms. The fourth-order valence-electron chi connectivity index (χ4n) is 5.72. The highest BCUT2D eigenvalue weighted by Gasteiger charge is 2.46. The zero-order valence-corrected chi connectivity index (χ0v) is 29.0. The smallest absolute Gasteiger partial charge is 0.229 e. The van der Waals surface area contributed by atoms with Gasteiger partial charge in [-0.1, -0.05) is 12.2 Å². The first-order valence-electron chi connectivity index (χ1n) is 16.3. The van der Waals surface area contributed by atoms with E-state index in [9.17, 15) is 46.0 Å². The summed E-state index contributed by atoms with van der Waals surface area (Å²) in [6.45, 7) is -1.83. The molecular weight excluding hydrogens is 696 g/mol. The maximum atomic E-state index is 10.6. The van der Waals surface area contributed by atoms with Crippen molar-refractivity contribution in [3.63, 3.8) is 0 Å². The molecule has 2 aromatic rings. The van der Waals surface area contributed by atoms with Crippen molar-refractivity contribution in [2.75, 3.05) is 54.9 Å². The molecular formula is C34H48O18.